The Hall–Kier alpha value is -0.570. The van der Waals surface area contributed by atoms with E-state index < -0.39 is 0 Å². The maximum Gasteiger partial charge on any atom is 0.0502 e. The average Bonchev–Trinajstić information content (AvgIpc) is 3.15. The Kier molecular flexibility index (Phi) is 4.08. The molecule has 0 aromatic heterocycles. The molecule has 1 saturated carbocycles. The Morgan fingerprint density at radius 3 is 2.59 bits per heavy atom. The number of aliphatic hydroxyl groups is 1. The van der Waals surface area contributed by atoms with Crippen molar-refractivity contribution in [3.8, 4) is 0 Å². The van der Waals surface area contributed by atoms with E-state index >= 15 is 0 Å². The number of nitrogens with two attached hydrogens (primary N) is 1. The molecular formula is C14H20ClNO. The van der Waals surface area contributed by atoms with Crippen LogP contribution in [-0.4, -0.2) is 18.3 Å². The lowest BCUT2D eigenvalue weighted by molar-refractivity contribution is 0.115. The van der Waals surface area contributed by atoms with Gasteiger partial charge in [0.15, 0.2) is 0 Å². The van der Waals surface area contributed by atoms with Crippen LogP contribution in [0.1, 0.15) is 24.8 Å². The highest BCUT2D eigenvalue weighted by Crippen LogP contribution is 2.42. The van der Waals surface area contributed by atoms with E-state index in [1.807, 2.05) is 24.3 Å². The number of halogens is 1. The number of hydrogen-bond donors (Lipinski definition) is 2. The number of hydrogen-bond acceptors (Lipinski definition) is 2. The molecule has 0 spiro atoms. The summed E-state index contributed by atoms with van der Waals surface area (Å²) in [6.07, 6.45) is 4.36. The van der Waals surface area contributed by atoms with E-state index in [1.54, 1.807) is 0 Å². The first-order valence-electron chi connectivity index (χ1n) is 6.23. The van der Waals surface area contributed by atoms with Gasteiger partial charge < -0.3 is 10.8 Å². The third-order valence-corrected chi connectivity index (χ3v) is 4.08. The van der Waals surface area contributed by atoms with Crippen LogP contribution < -0.4 is 5.73 Å². The Morgan fingerprint density at radius 1 is 1.35 bits per heavy atom. The minimum Gasteiger partial charge on any atom is -0.396 e. The second-order valence-electron chi connectivity index (χ2n) is 5.28. The van der Waals surface area contributed by atoms with Crippen molar-refractivity contribution in [2.45, 2.75) is 25.7 Å². The number of benzene rings is 1. The van der Waals surface area contributed by atoms with Gasteiger partial charge in [0.1, 0.15) is 0 Å². The van der Waals surface area contributed by atoms with Crippen molar-refractivity contribution in [1.82, 2.24) is 0 Å². The largest absolute Gasteiger partial charge is 0.396 e. The molecule has 1 aromatic carbocycles. The summed E-state index contributed by atoms with van der Waals surface area (Å²) in [6, 6.07) is 7.83. The first kappa shape index (κ1) is 12.9. The Bertz CT molecular complexity index is 372. The second-order valence-corrected chi connectivity index (χ2v) is 5.69. The van der Waals surface area contributed by atoms with Gasteiger partial charge in [-0.2, -0.15) is 0 Å². The summed E-state index contributed by atoms with van der Waals surface area (Å²) in [7, 11) is 0. The molecule has 0 aliphatic heterocycles. The van der Waals surface area contributed by atoms with E-state index in [0.717, 1.165) is 29.3 Å². The van der Waals surface area contributed by atoms with Crippen LogP contribution in [0.15, 0.2) is 24.3 Å². The van der Waals surface area contributed by atoms with Crippen LogP contribution in [0, 0.1) is 11.3 Å². The Morgan fingerprint density at radius 2 is 2.06 bits per heavy atom. The molecule has 1 atom stereocenters. The lowest BCUT2D eigenvalue weighted by Crippen LogP contribution is -2.37. The van der Waals surface area contributed by atoms with Crippen molar-refractivity contribution in [2.75, 3.05) is 13.2 Å². The molecule has 0 amide bonds. The monoisotopic (exact) mass is 253 g/mol. The van der Waals surface area contributed by atoms with Crippen LogP contribution >= 0.6 is 11.6 Å². The fraction of sp³-hybridized carbons (Fsp3) is 0.571. The SMILES string of the molecule is NCC(CO)(Cc1ccccc1Cl)CC1CC1. The van der Waals surface area contributed by atoms with Gasteiger partial charge in [0, 0.05) is 17.0 Å². The first-order chi connectivity index (χ1) is 8.19. The molecule has 3 N–H and O–H groups in total. The zero-order valence-electron chi connectivity index (χ0n) is 10.0. The molecule has 94 valence electrons. The van der Waals surface area contributed by atoms with Crippen LogP contribution in [0.3, 0.4) is 0 Å². The summed E-state index contributed by atoms with van der Waals surface area (Å²) in [6.45, 7) is 0.663. The molecule has 3 heteroatoms. The molecule has 0 saturated heterocycles. The molecule has 17 heavy (non-hydrogen) atoms. The van der Waals surface area contributed by atoms with Crippen LogP contribution in [0.25, 0.3) is 0 Å². The molecule has 1 aliphatic rings. The standard InChI is InChI=1S/C14H20ClNO/c15-13-4-2-1-3-12(13)8-14(9-16,10-17)7-11-5-6-11/h1-4,11,17H,5-10,16H2. The van der Waals surface area contributed by atoms with Gasteiger partial charge >= 0.3 is 0 Å². The van der Waals surface area contributed by atoms with Gasteiger partial charge in [0.25, 0.3) is 0 Å². The number of aliphatic hydroxyl groups excluding tert-OH is 1. The third-order valence-electron chi connectivity index (χ3n) is 3.71. The molecule has 1 unspecified atom stereocenters. The summed E-state index contributed by atoms with van der Waals surface area (Å²) in [5.74, 6) is 0.758. The molecule has 1 aromatic rings. The smallest absolute Gasteiger partial charge is 0.0502 e. The van der Waals surface area contributed by atoms with Crippen LogP contribution in [0.2, 0.25) is 5.02 Å². The van der Waals surface area contributed by atoms with Gasteiger partial charge in [-0.1, -0.05) is 42.6 Å². The van der Waals surface area contributed by atoms with Gasteiger partial charge in [-0.25, -0.2) is 0 Å². The molecule has 0 bridgehead atoms. The van der Waals surface area contributed by atoms with Crippen LogP contribution in [-0.2, 0) is 6.42 Å². The van der Waals surface area contributed by atoms with Crippen molar-refractivity contribution >= 4 is 11.6 Å². The molecule has 2 rings (SSSR count). The van der Waals surface area contributed by atoms with Crippen LogP contribution in [0.5, 0.6) is 0 Å². The fourth-order valence-corrected chi connectivity index (χ4v) is 2.60. The average molecular weight is 254 g/mol. The van der Waals surface area contributed by atoms with Crippen molar-refractivity contribution in [2.24, 2.45) is 17.1 Å². The first-order valence-corrected chi connectivity index (χ1v) is 6.61. The van der Waals surface area contributed by atoms with Crippen LogP contribution in [0.4, 0.5) is 0 Å². The molecular weight excluding hydrogens is 234 g/mol. The molecule has 0 heterocycles. The molecule has 1 aliphatic carbocycles. The molecule has 2 nitrogen and oxygen atoms in total. The van der Waals surface area contributed by atoms with E-state index in [9.17, 15) is 5.11 Å². The quantitative estimate of drug-likeness (QED) is 0.819. The second kappa shape index (κ2) is 5.38. The third kappa shape index (κ3) is 3.21. The lowest BCUT2D eigenvalue weighted by Gasteiger charge is -2.31. The van der Waals surface area contributed by atoms with Gasteiger partial charge in [0.2, 0.25) is 0 Å². The van der Waals surface area contributed by atoms with E-state index in [2.05, 4.69) is 0 Å². The fourth-order valence-electron chi connectivity index (χ4n) is 2.39. The predicted octanol–water partition coefficient (Wildman–Crippen LogP) is 2.62. The predicted molar refractivity (Wildman–Crippen MR) is 71.1 cm³/mol. The highest BCUT2D eigenvalue weighted by Gasteiger charge is 2.36. The lowest BCUT2D eigenvalue weighted by atomic mass is 9.78. The summed E-state index contributed by atoms with van der Waals surface area (Å²) >= 11 is 6.17. The van der Waals surface area contributed by atoms with Crippen molar-refractivity contribution in [1.29, 1.82) is 0 Å². The van der Waals surface area contributed by atoms with Gasteiger partial charge in [-0.3, -0.25) is 0 Å². The van der Waals surface area contributed by atoms with Crippen molar-refractivity contribution < 1.29 is 5.11 Å². The summed E-state index contributed by atoms with van der Waals surface area (Å²) in [5, 5.41) is 10.5. The maximum absolute atomic E-state index is 9.68. The van der Waals surface area contributed by atoms with E-state index in [1.165, 1.54) is 12.8 Å². The van der Waals surface area contributed by atoms with Gasteiger partial charge in [-0.15, -0.1) is 0 Å². The minimum atomic E-state index is -0.188. The van der Waals surface area contributed by atoms with E-state index in [4.69, 9.17) is 17.3 Å². The Balaban J connectivity index is 2.13. The van der Waals surface area contributed by atoms with Gasteiger partial charge in [-0.05, 0) is 30.4 Å². The van der Waals surface area contributed by atoms with E-state index in [0.29, 0.717) is 6.54 Å². The Labute approximate surface area is 108 Å². The van der Waals surface area contributed by atoms with Crippen molar-refractivity contribution in [3.63, 3.8) is 0 Å². The highest BCUT2D eigenvalue weighted by atomic mass is 35.5. The van der Waals surface area contributed by atoms with E-state index in [-0.39, 0.29) is 12.0 Å². The number of rotatable bonds is 6. The summed E-state index contributed by atoms with van der Waals surface area (Å²) in [5.41, 5.74) is 6.79. The highest BCUT2D eigenvalue weighted by molar-refractivity contribution is 6.31. The topological polar surface area (TPSA) is 46.2 Å². The zero-order chi connectivity index (χ0) is 12.3. The zero-order valence-corrected chi connectivity index (χ0v) is 10.8. The van der Waals surface area contributed by atoms with Crippen molar-refractivity contribution in [3.05, 3.63) is 34.9 Å². The molecule has 0 radical (unpaired) electrons. The minimum absolute atomic E-state index is 0.144. The summed E-state index contributed by atoms with van der Waals surface area (Å²) in [4.78, 5) is 0. The maximum atomic E-state index is 9.68. The summed E-state index contributed by atoms with van der Waals surface area (Å²) < 4.78 is 0. The molecule has 1 fully saturated rings. The van der Waals surface area contributed by atoms with Gasteiger partial charge in [0.05, 0.1) is 6.61 Å². The normalized spacial score (nSPS) is 19.0.